The van der Waals surface area contributed by atoms with E-state index in [9.17, 15) is 9.90 Å². The Balaban J connectivity index is 1.85. The predicted octanol–water partition coefficient (Wildman–Crippen LogP) is 3.28. The molecule has 3 rings (SSSR count). The first-order valence-corrected chi connectivity index (χ1v) is 6.88. The SMILES string of the molecule is O=Cc1ccc(C(O)c2nnc(-c3ccc(Cl)cc3)o2)cc1. The van der Waals surface area contributed by atoms with Crippen LogP contribution in [0.1, 0.15) is 27.9 Å². The van der Waals surface area contributed by atoms with Crippen molar-refractivity contribution >= 4 is 17.9 Å². The molecule has 0 aliphatic rings. The van der Waals surface area contributed by atoms with Crippen LogP contribution in [0.3, 0.4) is 0 Å². The van der Waals surface area contributed by atoms with E-state index in [4.69, 9.17) is 16.0 Å². The molecular formula is C16H11ClN2O3. The van der Waals surface area contributed by atoms with E-state index in [2.05, 4.69) is 10.2 Å². The molecule has 1 atom stereocenters. The van der Waals surface area contributed by atoms with Gasteiger partial charge in [-0.15, -0.1) is 10.2 Å². The van der Waals surface area contributed by atoms with Crippen LogP contribution in [0.15, 0.2) is 52.9 Å². The summed E-state index contributed by atoms with van der Waals surface area (Å²) in [5, 5.41) is 18.6. The Morgan fingerprint density at radius 2 is 1.73 bits per heavy atom. The largest absolute Gasteiger partial charge is 0.417 e. The maximum Gasteiger partial charge on any atom is 0.249 e. The molecule has 0 fully saturated rings. The standard InChI is InChI=1S/C16H11ClN2O3/c17-13-7-5-12(6-8-13)15-18-19-16(22-15)14(21)11-3-1-10(9-20)2-4-11/h1-9,14,21H. The van der Waals surface area contributed by atoms with E-state index in [1.54, 1.807) is 48.5 Å². The van der Waals surface area contributed by atoms with Gasteiger partial charge in [0.05, 0.1) is 0 Å². The molecule has 0 aliphatic heterocycles. The van der Waals surface area contributed by atoms with Crippen LogP contribution in [0.5, 0.6) is 0 Å². The number of carbonyl (C=O) groups is 1. The molecule has 2 aromatic carbocycles. The molecule has 0 amide bonds. The average Bonchev–Trinajstić information content (AvgIpc) is 3.05. The molecular weight excluding hydrogens is 304 g/mol. The van der Waals surface area contributed by atoms with Gasteiger partial charge in [-0.3, -0.25) is 4.79 Å². The second-order valence-corrected chi connectivity index (χ2v) is 5.08. The summed E-state index contributed by atoms with van der Waals surface area (Å²) in [7, 11) is 0. The Morgan fingerprint density at radius 1 is 1.05 bits per heavy atom. The van der Waals surface area contributed by atoms with Gasteiger partial charge >= 0.3 is 0 Å². The predicted molar refractivity (Wildman–Crippen MR) is 80.6 cm³/mol. The molecule has 3 aromatic rings. The molecule has 5 nitrogen and oxygen atoms in total. The fourth-order valence-electron chi connectivity index (χ4n) is 1.95. The minimum atomic E-state index is -1.05. The highest BCUT2D eigenvalue weighted by molar-refractivity contribution is 6.30. The number of aliphatic hydroxyl groups is 1. The minimum Gasteiger partial charge on any atom is -0.417 e. The number of benzene rings is 2. The van der Waals surface area contributed by atoms with E-state index in [0.29, 0.717) is 27.6 Å². The van der Waals surface area contributed by atoms with Gasteiger partial charge in [0.15, 0.2) is 6.10 Å². The van der Waals surface area contributed by atoms with Crippen LogP contribution in [0.2, 0.25) is 5.02 Å². The van der Waals surface area contributed by atoms with Gasteiger partial charge in [0.25, 0.3) is 0 Å². The Kier molecular flexibility index (Phi) is 4.00. The number of carbonyl (C=O) groups excluding carboxylic acids is 1. The molecule has 1 aromatic heterocycles. The number of halogens is 1. The number of nitrogens with zero attached hydrogens (tertiary/aromatic N) is 2. The van der Waals surface area contributed by atoms with E-state index >= 15 is 0 Å². The van der Waals surface area contributed by atoms with Crippen molar-refractivity contribution in [3.63, 3.8) is 0 Å². The van der Waals surface area contributed by atoms with Crippen molar-refractivity contribution < 1.29 is 14.3 Å². The summed E-state index contributed by atoms with van der Waals surface area (Å²) in [4.78, 5) is 10.6. The lowest BCUT2D eigenvalue weighted by atomic mass is 10.1. The van der Waals surface area contributed by atoms with Crippen molar-refractivity contribution in [2.45, 2.75) is 6.10 Å². The van der Waals surface area contributed by atoms with Crippen molar-refractivity contribution in [3.05, 3.63) is 70.6 Å². The van der Waals surface area contributed by atoms with Gasteiger partial charge in [0.2, 0.25) is 11.8 Å². The topological polar surface area (TPSA) is 76.2 Å². The maximum atomic E-state index is 10.6. The number of hydrogen-bond acceptors (Lipinski definition) is 5. The number of aldehydes is 1. The third kappa shape index (κ3) is 2.90. The van der Waals surface area contributed by atoms with E-state index in [-0.39, 0.29) is 5.89 Å². The van der Waals surface area contributed by atoms with Crippen molar-refractivity contribution in [2.24, 2.45) is 0 Å². The molecule has 0 saturated heterocycles. The molecule has 1 heterocycles. The Bertz CT molecular complexity index is 782. The molecule has 6 heteroatoms. The van der Waals surface area contributed by atoms with Crippen LogP contribution >= 0.6 is 11.6 Å². The Morgan fingerprint density at radius 3 is 2.36 bits per heavy atom. The highest BCUT2D eigenvalue weighted by atomic mass is 35.5. The Hall–Kier alpha value is -2.50. The second kappa shape index (κ2) is 6.09. The first-order valence-electron chi connectivity index (χ1n) is 6.50. The lowest BCUT2D eigenvalue weighted by Crippen LogP contribution is -2.00. The van der Waals surface area contributed by atoms with Crippen LogP contribution in [-0.4, -0.2) is 21.6 Å². The normalized spacial score (nSPS) is 12.1. The zero-order valence-corrected chi connectivity index (χ0v) is 12.1. The summed E-state index contributed by atoms with van der Waals surface area (Å²) < 4.78 is 5.50. The van der Waals surface area contributed by atoms with Gasteiger partial charge in [0, 0.05) is 16.1 Å². The number of aliphatic hydroxyl groups excluding tert-OH is 1. The fraction of sp³-hybridized carbons (Fsp3) is 0.0625. The summed E-state index contributed by atoms with van der Waals surface area (Å²) in [5.74, 6) is 0.388. The maximum absolute atomic E-state index is 10.6. The van der Waals surface area contributed by atoms with E-state index in [1.165, 1.54) is 0 Å². The molecule has 110 valence electrons. The lowest BCUT2D eigenvalue weighted by molar-refractivity contribution is 0.112. The second-order valence-electron chi connectivity index (χ2n) is 4.64. The van der Waals surface area contributed by atoms with Gasteiger partial charge in [0.1, 0.15) is 6.29 Å². The first kappa shape index (κ1) is 14.4. The van der Waals surface area contributed by atoms with Gasteiger partial charge in [-0.2, -0.15) is 0 Å². The summed E-state index contributed by atoms with van der Waals surface area (Å²) in [5.41, 5.74) is 1.81. The molecule has 0 spiro atoms. The van der Waals surface area contributed by atoms with E-state index in [1.807, 2.05) is 0 Å². The van der Waals surface area contributed by atoms with Gasteiger partial charge in [-0.05, 0) is 29.8 Å². The van der Waals surface area contributed by atoms with Crippen molar-refractivity contribution in [1.82, 2.24) is 10.2 Å². The molecule has 0 bridgehead atoms. The van der Waals surface area contributed by atoms with E-state index in [0.717, 1.165) is 6.29 Å². The quantitative estimate of drug-likeness (QED) is 0.748. The molecule has 1 unspecified atom stereocenters. The average molecular weight is 315 g/mol. The number of rotatable bonds is 4. The highest BCUT2D eigenvalue weighted by Crippen LogP contribution is 2.25. The minimum absolute atomic E-state index is 0.0869. The van der Waals surface area contributed by atoms with E-state index < -0.39 is 6.10 Å². The molecule has 0 radical (unpaired) electrons. The molecule has 0 aliphatic carbocycles. The summed E-state index contributed by atoms with van der Waals surface area (Å²) in [6.45, 7) is 0. The summed E-state index contributed by atoms with van der Waals surface area (Å²) in [6, 6.07) is 13.5. The zero-order valence-electron chi connectivity index (χ0n) is 11.3. The van der Waals surface area contributed by atoms with Crippen LogP contribution in [0.4, 0.5) is 0 Å². The lowest BCUT2D eigenvalue weighted by Gasteiger charge is -2.06. The summed E-state index contributed by atoms with van der Waals surface area (Å²) in [6.07, 6.45) is -0.309. The third-order valence-electron chi connectivity index (χ3n) is 3.15. The Labute approximate surface area is 131 Å². The van der Waals surface area contributed by atoms with Gasteiger partial charge in [-0.1, -0.05) is 35.9 Å². The van der Waals surface area contributed by atoms with Crippen LogP contribution in [0, 0.1) is 0 Å². The monoisotopic (exact) mass is 314 g/mol. The molecule has 1 N–H and O–H groups in total. The van der Waals surface area contributed by atoms with Crippen molar-refractivity contribution in [1.29, 1.82) is 0 Å². The van der Waals surface area contributed by atoms with Crippen molar-refractivity contribution in [3.8, 4) is 11.5 Å². The number of aromatic nitrogens is 2. The smallest absolute Gasteiger partial charge is 0.249 e. The van der Waals surface area contributed by atoms with Crippen molar-refractivity contribution in [2.75, 3.05) is 0 Å². The molecule has 22 heavy (non-hydrogen) atoms. The van der Waals surface area contributed by atoms with Gasteiger partial charge in [-0.25, -0.2) is 0 Å². The van der Waals surface area contributed by atoms with Crippen LogP contribution < -0.4 is 0 Å². The molecule has 0 saturated carbocycles. The first-order chi connectivity index (χ1) is 10.7. The van der Waals surface area contributed by atoms with Gasteiger partial charge < -0.3 is 9.52 Å². The number of hydrogen-bond donors (Lipinski definition) is 1. The fourth-order valence-corrected chi connectivity index (χ4v) is 2.08. The summed E-state index contributed by atoms with van der Waals surface area (Å²) >= 11 is 5.83. The highest BCUT2D eigenvalue weighted by Gasteiger charge is 2.18. The zero-order chi connectivity index (χ0) is 15.5. The van der Waals surface area contributed by atoms with Crippen LogP contribution in [0.25, 0.3) is 11.5 Å². The van der Waals surface area contributed by atoms with Crippen LogP contribution in [-0.2, 0) is 0 Å². The third-order valence-corrected chi connectivity index (χ3v) is 3.41.